The minimum Gasteiger partial charge on any atom is -0.495 e. The van der Waals surface area contributed by atoms with Crippen molar-refractivity contribution in [3.05, 3.63) is 77.2 Å². The first-order chi connectivity index (χ1) is 16.5. The van der Waals surface area contributed by atoms with Crippen LogP contribution in [0.4, 0.5) is 0 Å². The number of ether oxygens (including phenoxy) is 2. The van der Waals surface area contributed by atoms with Crippen molar-refractivity contribution in [1.82, 2.24) is 10.3 Å². The van der Waals surface area contributed by atoms with Crippen LogP contribution in [-0.2, 0) is 5.60 Å². The van der Waals surface area contributed by atoms with Crippen molar-refractivity contribution in [2.45, 2.75) is 43.0 Å². The second kappa shape index (κ2) is 8.55. The monoisotopic (exact) mass is 459 g/mol. The molecule has 0 amide bonds. The first-order valence-corrected chi connectivity index (χ1v) is 11.7. The Morgan fingerprint density at radius 2 is 2.03 bits per heavy atom. The number of nitrogens with zero attached hydrogens (tertiary/aromatic N) is 2. The van der Waals surface area contributed by atoms with Crippen LogP contribution in [0.1, 0.15) is 36.8 Å². The highest BCUT2D eigenvalue weighted by Crippen LogP contribution is 2.68. The van der Waals surface area contributed by atoms with Crippen LogP contribution in [0.5, 0.6) is 11.5 Å². The van der Waals surface area contributed by atoms with E-state index in [0.29, 0.717) is 42.0 Å². The molecule has 34 heavy (non-hydrogen) atoms. The number of fused-ring (bicyclic) bond motifs is 3. The molecule has 176 valence electrons. The number of aromatic nitrogens is 1. The summed E-state index contributed by atoms with van der Waals surface area (Å²) in [7, 11) is 1.52. The number of aliphatic hydroxyl groups is 2. The average molecular weight is 460 g/mol. The predicted octanol–water partition coefficient (Wildman–Crippen LogP) is 2.96. The van der Waals surface area contributed by atoms with Crippen molar-refractivity contribution in [2.75, 3.05) is 20.2 Å². The Labute approximate surface area is 199 Å². The van der Waals surface area contributed by atoms with Crippen molar-refractivity contribution in [1.29, 1.82) is 5.26 Å². The molecule has 0 unspecified atom stereocenters. The number of rotatable bonds is 6. The minimum absolute atomic E-state index is 0.347. The van der Waals surface area contributed by atoms with Gasteiger partial charge in [-0.2, -0.15) is 5.26 Å². The Bertz CT molecular complexity index is 1190. The summed E-state index contributed by atoms with van der Waals surface area (Å²) in [5, 5.41) is 37.3. The van der Waals surface area contributed by atoms with Gasteiger partial charge in [0.05, 0.1) is 37.2 Å². The lowest BCUT2D eigenvalue weighted by molar-refractivity contribution is -0.133. The molecule has 2 aromatic rings. The Morgan fingerprint density at radius 3 is 2.68 bits per heavy atom. The molecule has 3 N–H and O–H groups in total. The molecule has 1 aliphatic heterocycles. The molecule has 5 rings (SSSR count). The molecule has 2 heterocycles. The quantitative estimate of drug-likeness (QED) is 0.610. The predicted molar refractivity (Wildman–Crippen MR) is 126 cm³/mol. The summed E-state index contributed by atoms with van der Waals surface area (Å²) in [5.41, 5.74) is -0.147. The molecule has 0 saturated heterocycles. The maximum atomic E-state index is 12.7. The molecule has 0 bridgehead atoms. The first kappa shape index (κ1) is 22.6. The van der Waals surface area contributed by atoms with E-state index in [4.69, 9.17) is 9.47 Å². The van der Waals surface area contributed by atoms with Crippen LogP contribution in [0.25, 0.3) is 0 Å². The van der Waals surface area contributed by atoms with Crippen molar-refractivity contribution in [3.63, 3.8) is 0 Å². The van der Waals surface area contributed by atoms with Gasteiger partial charge in [-0.25, -0.2) is 0 Å². The van der Waals surface area contributed by atoms with Crippen molar-refractivity contribution < 1.29 is 19.7 Å². The largest absolute Gasteiger partial charge is 0.495 e. The molecule has 1 aromatic heterocycles. The van der Waals surface area contributed by atoms with Crippen LogP contribution in [0, 0.1) is 17.2 Å². The molecule has 1 fully saturated rings. The summed E-state index contributed by atoms with van der Waals surface area (Å²) in [6.07, 6.45) is 6.74. The molecular formula is C27H29N3O4. The van der Waals surface area contributed by atoms with E-state index in [2.05, 4.69) is 16.4 Å². The molecule has 5 atom stereocenters. The van der Waals surface area contributed by atoms with E-state index in [1.54, 1.807) is 18.5 Å². The second-order valence-corrected chi connectivity index (χ2v) is 9.12. The van der Waals surface area contributed by atoms with Gasteiger partial charge in [0.1, 0.15) is 11.5 Å². The van der Waals surface area contributed by atoms with Crippen LogP contribution in [0.15, 0.2) is 66.0 Å². The number of hydrogen-bond donors (Lipinski definition) is 3. The van der Waals surface area contributed by atoms with Crippen molar-refractivity contribution in [2.24, 2.45) is 5.92 Å². The highest BCUT2D eigenvalue weighted by molar-refractivity contribution is 5.61. The van der Waals surface area contributed by atoms with Crippen LogP contribution in [0.2, 0.25) is 0 Å². The van der Waals surface area contributed by atoms with Gasteiger partial charge >= 0.3 is 0 Å². The molecule has 7 nitrogen and oxygen atoms in total. The lowest BCUT2D eigenvalue weighted by Gasteiger charge is -2.43. The van der Waals surface area contributed by atoms with Gasteiger partial charge < -0.3 is 25.0 Å². The fourth-order valence-corrected chi connectivity index (χ4v) is 6.16. The van der Waals surface area contributed by atoms with Gasteiger partial charge in [0.25, 0.3) is 0 Å². The van der Waals surface area contributed by atoms with Crippen LogP contribution >= 0.6 is 0 Å². The number of aliphatic hydroxyl groups excluding tert-OH is 1. The highest BCUT2D eigenvalue weighted by Gasteiger charge is 2.77. The van der Waals surface area contributed by atoms with Gasteiger partial charge in [-0.3, -0.25) is 4.98 Å². The topological polar surface area (TPSA) is 108 Å². The SMILES string of the molecule is CCNC[C@@H]1[C@@H](c2ccccc2)[C@]2(C3=CC=C(C#N)CC3)Oc3cncc(OC)c3[C@]2(O)[C@@H]1O. The van der Waals surface area contributed by atoms with Crippen LogP contribution in [0.3, 0.4) is 0 Å². The fourth-order valence-electron chi connectivity index (χ4n) is 6.16. The molecule has 1 saturated carbocycles. The Morgan fingerprint density at radius 1 is 1.24 bits per heavy atom. The smallest absolute Gasteiger partial charge is 0.173 e. The van der Waals surface area contributed by atoms with E-state index in [0.717, 1.165) is 17.7 Å². The zero-order chi connectivity index (χ0) is 23.9. The number of hydrogen-bond acceptors (Lipinski definition) is 7. The van der Waals surface area contributed by atoms with Crippen LogP contribution in [-0.4, -0.2) is 47.1 Å². The molecular weight excluding hydrogens is 430 g/mol. The van der Waals surface area contributed by atoms with E-state index >= 15 is 0 Å². The molecule has 3 aliphatic rings. The van der Waals surface area contributed by atoms with Gasteiger partial charge in [0.2, 0.25) is 0 Å². The third-order valence-corrected chi connectivity index (χ3v) is 7.57. The lowest BCUT2D eigenvalue weighted by atomic mass is 9.68. The maximum Gasteiger partial charge on any atom is 0.173 e. The second-order valence-electron chi connectivity index (χ2n) is 9.12. The summed E-state index contributed by atoms with van der Waals surface area (Å²) in [5.74, 6) is 0.0648. The number of benzene rings is 1. The van der Waals surface area contributed by atoms with Gasteiger partial charge in [-0.1, -0.05) is 43.3 Å². The van der Waals surface area contributed by atoms with E-state index in [-0.39, 0.29) is 11.8 Å². The highest BCUT2D eigenvalue weighted by atomic mass is 16.5. The van der Waals surface area contributed by atoms with Gasteiger partial charge in [-0.15, -0.1) is 0 Å². The first-order valence-electron chi connectivity index (χ1n) is 11.7. The summed E-state index contributed by atoms with van der Waals surface area (Å²) in [6, 6.07) is 12.1. The summed E-state index contributed by atoms with van der Waals surface area (Å²) < 4.78 is 12.4. The number of pyridine rings is 1. The standard InChI is InChI=1S/C27H29N3O4/c1-3-29-14-20-23(18-7-5-4-6-8-18)27(19-11-9-17(13-28)10-12-19)26(32,25(20)31)24-21(33-2)15-30-16-22(24)34-27/h4-9,11,15-16,20,23,25,29,31-32H,3,10,12,14H2,1-2H3/t20-,23-,25-,26+,27+/m1/s1. The Hall–Kier alpha value is -3.18. The number of methoxy groups -OCH3 is 1. The normalized spacial score (nSPS) is 31.6. The molecule has 1 aromatic carbocycles. The van der Waals surface area contributed by atoms with E-state index in [1.807, 2.05) is 43.3 Å². The third kappa shape index (κ3) is 2.96. The molecule has 7 heteroatoms. The van der Waals surface area contributed by atoms with E-state index in [9.17, 15) is 15.5 Å². The number of allylic oxidation sites excluding steroid dienone is 3. The molecule has 0 radical (unpaired) electrons. The molecule has 0 spiro atoms. The van der Waals surface area contributed by atoms with E-state index in [1.165, 1.54) is 7.11 Å². The summed E-state index contributed by atoms with van der Waals surface area (Å²) >= 11 is 0. The minimum atomic E-state index is -1.78. The summed E-state index contributed by atoms with van der Waals surface area (Å²) in [6.45, 7) is 3.25. The molecule has 2 aliphatic carbocycles. The maximum absolute atomic E-state index is 12.7. The average Bonchev–Trinajstić information content (AvgIpc) is 3.26. The number of nitriles is 1. The Balaban J connectivity index is 1.81. The lowest BCUT2D eigenvalue weighted by Crippen LogP contribution is -2.56. The summed E-state index contributed by atoms with van der Waals surface area (Å²) in [4.78, 5) is 4.25. The van der Waals surface area contributed by atoms with Crippen molar-refractivity contribution in [3.8, 4) is 17.6 Å². The van der Waals surface area contributed by atoms with Gasteiger partial charge in [0.15, 0.2) is 11.2 Å². The zero-order valence-electron chi connectivity index (χ0n) is 19.4. The fraction of sp³-hybridized carbons (Fsp3) is 0.407. The Kier molecular flexibility index (Phi) is 5.68. The van der Waals surface area contributed by atoms with Crippen LogP contribution < -0.4 is 14.8 Å². The van der Waals surface area contributed by atoms with E-state index < -0.39 is 17.3 Å². The van der Waals surface area contributed by atoms with Gasteiger partial charge in [0, 0.05) is 24.0 Å². The van der Waals surface area contributed by atoms with Gasteiger partial charge in [-0.05, 0) is 36.6 Å². The number of nitrogens with one attached hydrogen (secondary N) is 1. The van der Waals surface area contributed by atoms with Crippen molar-refractivity contribution >= 4 is 0 Å². The third-order valence-electron chi connectivity index (χ3n) is 7.57. The zero-order valence-corrected chi connectivity index (χ0v) is 19.4.